The molecule has 0 aromatic carbocycles. The molecule has 2 rings (SSSR count). The van der Waals surface area contributed by atoms with Gasteiger partial charge in [-0.2, -0.15) is 0 Å². The van der Waals surface area contributed by atoms with Crippen molar-refractivity contribution < 1.29 is 0 Å². The van der Waals surface area contributed by atoms with Gasteiger partial charge in [-0.3, -0.25) is 4.90 Å². The normalized spacial score (nSPS) is 21.8. The lowest BCUT2D eigenvalue weighted by molar-refractivity contribution is 0.151. The van der Waals surface area contributed by atoms with E-state index in [1.807, 2.05) is 0 Å². The maximum absolute atomic E-state index is 4.76. The molecule has 0 amide bonds. The van der Waals surface area contributed by atoms with E-state index >= 15 is 0 Å². The van der Waals surface area contributed by atoms with Gasteiger partial charge in [-0.25, -0.2) is 4.98 Å². The highest BCUT2D eigenvalue weighted by atomic mass is 32.1. The van der Waals surface area contributed by atoms with Gasteiger partial charge >= 0.3 is 0 Å². The lowest BCUT2D eigenvalue weighted by Crippen LogP contribution is -2.37. The lowest BCUT2D eigenvalue weighted by Gasteiger charge is -2.32. The van der Waals surface area contributed by atoms with Gasteiger partial charge in [-0.1, -0.05) is 6.42 Å². The fraction of sp³-hybridized carbons (Fsp3) is 0.800. The van der Waals surface area contributed by atoms with Gasteiger partial charge in [0, 0.05) is 30.1 Å². The zero-order valence-electron chi connectivity index (χ0n) is 12.7. The Balaban J connectivity index is 1.86. The van der Waals surface area contributed by atoms with Gasteiger partial charge in [0.05, 0.1) is 5.69 Å². The first-order chi connectivity index (χ1) is 8.94. The summed E-state index contributed by atoms with van der Waals surface area (Å²) in [5.41, 5.74) is 1.40. The van der Waals surface area contributed by atoms with Crippen molar-refractivity contribution >= 4 is 11.3 Å². The fourth-order valence-corrected chi connectivity index (χ4v) is 3.17. The fourth-order valence-electron chi connectivity index (χ4n) is 2.44. The summed E-state index contributed by atoms with van der Waals surface area (Å²) in [4.78, 5) is 7.33. The zero-order valence-corrected chi connectivity index (χ0v) is 13.5. The number of thiazole rings is 1. The number of hydrogen-bond acceptors (Lipinski definition) is 4. The minimum absolute atomic E-state index is 0.160. The van der Waals surface area contributed by atoms with E-state index in [-0.39, 0.29) is 5.54 Å². The maximum atomic E-state index is 4.76. The van der Waals surface area contributed by atoms with E-state index < -0.39 is 0 Å². The SMILES string of the molecule is CC1CCCCN1Cc1csc(CNC(C)(C)C)n1. The third kappa shape index (κ3) is 4.86. The molecular weight excluding hydrogens is 254 g/mol. The molecule has 1 fully saturated rings. The van der Waals surface area contributed by atoms with Gasteiger partial charge in [0.15, 0.2) is 0 Å². The molecule has 1 N–H and O–H groups in total. The molecule has 0 saturated carbocycles. The van der Waals surface area contributed by atoms with E-state index in [1.165, 1.54) is 36.5 Å². The maximum Gasteiger partial charge on any atom is 0.107 e. The Bertz CT molecular complexity index is 394. The molecule has 0 bridgehead atoms. The third-order valence-corrected chi connectivity index (χ3v) is 4.57. The van der Waals surface area contributed by atoms with E-state index in [0.717, 1.165) is 13.1 Å². The Morgan fingerprint density at radius 1 is 1.42 bits per heavy atom. The van der Waals surface area contributed by atoms with E-state index in [4.69, 9.17) is 4.98 Å². The Kier molecular flexibility index (Phi) is 4.98. The van der Waals surface area contributed by atoms with Crippen LogP contribution in [0.4, 0.5) is 0 Å². The average Bonchev–Trinajstić information content (AvgIpc) is 2.77. The van der Waals surface area contributed by atoms with Crippen molar-refractivity contribution in [3.8, 4) is 0 Å². The zero-order chi connectivity index (χ0) is 13.9. The molecule has 2 heterocycles. The van der Waals surface area contributed by atoms with Gasteiger partial charge in [0.2, 0.25) is 0 Å². The first-order valence-electron chi connectivity index (χ1n) is 7.36. The van der Waals surface area contributed by atoms with Crippen LogP contribution in [0.25, 0.3) is 0 Å². The highest BCUT2D eigenvalue weighted by molar-refractivity contribution is 7.09. The minimum Gasteiger partial charge on any atom is -0.306 e. The minimum atomic E-state index is 0.160. The molecule has 1 unspecified atom stereocenters. The number of nitrogens with zero attached hydrogens (tertiary/aromatic N) is 2. The summed E-state index contributed by atoms with van der Waals surface area (Å²) in [6, 6.07) is 0.714. The molecule has 0 aliphatic carbocycles. The number of aromatic nitrogens is 1. The molecule has 108 valence electrons. The number of rotatable bonds is 4. The Morgan fingerprint density at radius 3 is 2.89 bits per heavy atom. The highest BCUT2D eigenvalue weighted by Crippen LogP contribution is 2.20. The molecule has 0 spiro atoms. The first-order valence-corrected chi connectivity index (χ1v) is 8.24. The number of piperidine rings is 1. The van der Waals surface area contributed by atoms with Crippen molar-refractivity contribution in [2.75, 3.05) is 6.54 Å². The molecule has 0 radical (unpaired) electrons. The molecule has 19 heavy (non-hydrogen) atoms. The van der Waals surface area contributed by atoms with Crippen LogP contribution >= 0.6 is 11.3 Å². The first kappa shape index (κ1) is 14.9. The molecule has 4 heteroatoms. The predicted molar refractivity (Wildman–Crippen MR) is 82.4 cm³/mol. The quantitative estimate of drug-likeness (QED) is 0.917. The van der Waals surface area contributed by atoms with Gasteiger partial charge in [0.25, 0.3) is 0 Å². The molecule has 1 saturated heterocycles. The van der Waals surface area contributed by atoms with Crippen molar-refractivity contribution in [3.05, 3.63) is 16.1 Å². The molecule has 1 aliphatic heterocycles. The standard InChI is InChI=1S/C15H27N3S/c1-12-7-5-6-8-18(12)10-13-11-19-14(17-13)9-16-15(2,3)4/h11-12,16H,5-10H2,1-4H3. The van der Waals surface area contributed by atoms with Crippen LogP contribution in [0.2, 0.25) is 0 Å². The topological polar surface area (TPSA) is 28.2 Å². The summed E-state index contributed by atoms with van der Waals surface area (Å²) < 4.78 is 0. The summed E-state index contributed by atoms with van der Waals surface area (Å²) in [5.74, 6) is 0. The smallest absolute Gasteiger partial charge is 0.107 e. The predicted octanol–water partition coefficient (Wildman–Crippen LogP) is 3.41. The van der Waals surface area contributed by atoms with Crippen molar-refractivity contribution in [2.24, 2.45) is 0 Å². The van der Waals surface area contributed by atoms with E-state index in [1.54, 1.807) is 11.3 Å². The van der Waals surface area contributed by atoms with E-state index in [2.05, 4.69) is 43.3 Å². The van der Waals surface area contributed by atoms with Crippen LogP contribution < -0.4 is 5.32 Å². The second-order valence-electron chi connectivity index (χ2n) is 6.65. The summed E-state index contributed by atoms with van der Waals surface area (Å²) >= 11 is 1.78. The molecule has 1 atom stereocenters. The average molecular weight is 281 g/mol. The molecule has 3 nitrogen and oxygen atoms in total. The number of nitrogens with one attached hydrogen (secondary N) is 1. The van der Waals surface area contributed by atoms with E-state index in [9.17, 15) is 0 Å². The summed E-state index contributed by atoms with van der Waals surface area (Å²) in [6.07, 6.45) is 4.06. The van der Waals surface area contributed by atoms with Gasteiger partial charge in [-0.15, -0.1) is 11.3 Å². The van der Waals surface area contributed by atoms with Gasteiger partial charge in [-0.05, 0) is 47.1 Å². The van der Waals surface area contributed by atoms with Crippen LogP contribution in [0, 0.1) is 0 Å². The van der Waals surface area contributed by atoms with Crippen LogP contribution in [-0.4, -0.2) is 28.0 Å². The lowest BCUT2D eigenvalue weighted by atomic mass is 10.0. The van der Waals surface area contributed by atoms with Crippen LogP contribution in [0.15, 0.2) is 5.38 Å². The Hall–Kier alpha value is -0.450. The van der Waals surface area contributed by atoms with Crippen molar-refractivity contribution in [1.82, 2.24) is 15.2 Å². The Morgan fingerprint density at radius 2 is 2.21 bits per heavy atom. The van der Waals surface area contributed by atoms with Crippen LogP contribution in [0.3, 0.4) is 0 Å². The summed E-state index contributed by atoms with van der Waals surface area (Å²) in [7, 11) is 0. The molecular formula is C15H27N3S. The van der Waals surface area contributed by atoms with Crippen LogP contribution in [0.5, 0.6) is 0 Å². The van der Waals surface area contributed by atoms with Gasteiger partial charge < -0.3 is 5.32 Å². The Labute approximate surface area is 121 Å². The monoisotopic (exact) mass is 281 g/mol. The summed E-state index contributed by atoms with van der Waals surface area (Å²) in [5, 5.41) is 6.92. The second kappa shape index (κ2) is 6.33. The molecule has 1 aromatic rings. The number of hydrogen-bond donors (Lipinski definition) is 1. The van der Waals surface area contributed by atoms with Crippen molar-refractivity contribution in [2.45, 2.75) is 71.6 Å². The highest BCUT2D eigenvalue weighted by Gasteiger charge is 2.19. The largest absolute Gasteiger partial charge is 0.306 e. The van der Waals surface area contributed by atoms with Crippen molar-refractivity contribution in [3.63, 3.8) is 0 Å². The van der Waals surface area contributed by atoms with Crippen molar-refractivity contribution in [1.29, 1.82) is 0 Å². The third-order valence-electron chi connectivity index (χ3n) is 3.67. The molecule has 1 aromatic heterocycles. The van der Waals surface area contributed by atoms with Crippen LogP contribution in [0.1, 0.15) is 57.7 Å². The number of likely N-dealkylation sites (tertiary alicyclic amines) is 1. The van der Waals surface area contributed by atoms with E-state index in [0.29, 0.717) is 6.04 Å². The molecule has 1 aliphatic rings. The second-order valence-corrected chi connectivity index (χ2v) is 7.59. The van der Waals surface area contributed by atoms with Crippen LogP contribution in [-0.2, 0) is 13.1 Å². The van der Waals surface area contributed by atoms with Gasteiger partial charge in [0.1, 0.15) is 5.01 Å². The summed E-state index contributed by atoms with van der Waals surface area (Å²) in [6.45, 7) is 12.0.